The molecule has 24 heavy (non-hydrogen) atoms. The van der Waals surface area contributed by atoms with Crippen molar-refractivity contribution < 1.29 is 33.8 Å². The molecular formula is C16H16NO7-. The van der Waals surface area contributed by atoms with Crippen molar-refractivity contribution in [1.29, 1.82) is 0 Å². The standard InChI is InChI=1S/C16H17NO7/c1-3-23-15(21)10-7-11(16(22)24-4-2)9-12(8-10)17-13(18)5-6-14(19)20/h5-9H,3-4H2,1-2H3,(H,17,18)(H,19,20)/p-1/b6-5+. The Morgan fingerprint density at radius 3 is 1.88 bits per heavy atom. The predicted molar refractivity (Wildman–Crippen MR) is 81.1 cm³/mol. The quantitative estimate of drug-likeness (QED) is 0.561. The summed E-state index contributed by atoms with van der Waals surface area (Å²) in [6, 6.07) is 3.87. The van der Waals surface area contributed by atoms with Gasteiger partial charge in [-0.2, -0.15) is 0 Å². The number of ether oxygens (including phenoxy) is 2. The second-order valence-corrected chi connectivity index (χ2v) is 4.38. The lowest BCUT2D eigenvalue weighted by Crippen LogP contribution is -2.20. The number of hydrogen-bond donors (Lipinski definition) is 1. The van der Waals surface area contributed by atoms with Crippen molar-refractivity contribution in [2.75, 3.05) is 18.5 Å². The van der Waals surface area contributed by atoms with Crippen LogP contribution in [0.4, 0.5) is 5.69 Å². The Morgan fingerprint density at radius 2 is 1.46 bits per heavy atom. The minimum atomic E-state index is -1.53. The van der Waals surface area contributed by atoms with Crippen LogP contribution in [0.5, 0.6) is 0 Å². The van der Waals surface area contributed by atoms with Gasteiger partial charge in [0, 0.05) is 11.8 Å². The van der Waals surface area contributed by atoms with E-state index in [0.717, 1.165) is 6.08 Å². The summed E-state index contributed by atoms with van der Waals surface area (Å²) in [5.41, 5.74) is 0.194. The van der Waals surface area contributed by atoms with Crippen LogP contribution in [0.1, 0.15) is 34.6 Å². The third-order valence-corrected chi connectivity index (χ3v) is 2.59. The number of nitrogens with one attached hydrogen (secondary N) is 1. The Bertz CT molecular complexity index is 643. The van der Waals surface area contributed by atoms with Crippen molar-refractivity contribution in [3.8, 4) is 0 Å². The average molecular weight is 334 g/mol. The maximum absolute atomic E-state index is 11.8. The molecular weight excluding hydrogens is 318 g/mol. The van der Waals surface area contributed by atoms with Crippen LogP contribution in [0.2, 0.25) is 0 Å². The molecule has 0 aliphatic rings. The smallest absolute Gasteiger partial charge is 0.338 e. The second kappa shape index (κ2) is 9.09. The molecule has 1 aromatic rings. The number of amides is 1. The molecule has 0 spiro atoms. The zero-order valence-corrected chi connectivity index (χ0v) is 13.2. The van der Waals surface area contributed by atoms with E-state index >= 15 is 0 Å². The van der Waals surface area contributed by atoms with Crippen molar-refractivity contribution in [2.45, 2.75) is 13.8 Å². The third kappa shape index (κ3) is 5.91. The van der Waals surface area contributed by atoms with E-state index in [9.17, 15) is 24.3 Å². The van der Waals surface area contributed by atoms with Gasteiger partial charge in [-0.15, -0.1) is 0 Å². The Balaban J connectivity index is 3.13. The number of hydrogen-bond acceptors (Lipinski definition) is 7. The van der Waals surface area contributed by atoms with Crippen molar-refractivity contribution >= 4 is 29.5 Å². The molecule has 0 aromatic heterocycles. The molecule has 0 atom stereocenters. The van der Waals surface area contributed by atoms with E-state index in [1.807, 2.05) is 0 Å². The van der Waals surface area contributed by atoms with E-state index in [-0.39, 0.29) is 30.0 Å². The van der Waals surface area contributed by atoms with E-state index in [2.05, 4.69) is 5.32 Å². The van der Waals surface area contributed by atoms with Gasteiger partial charge in [-0.1, -0.05) is 0 Å². The lowest BCUT2D eigenvalue weighted by atomic mass is 10.1. The largest absolute Gasteiger partial charge is 0.545 e. The van der Waals surface area contributed by atoms with E-state index in [1.165, 1.54) is 18.2 Å². The number of carboxylic acids is 1. The molecule has 1 N–H and O–H groups in total. The van der Waals surface area contributed by atoms with Gasteiger partial charge in [-0.25, -0.2) is 9.59 Å². The van der Waals surface area contributed by atoms with Crippen LogP contribution in [0.3, 0.4) is 0 Å². The zero-order valence-electron chi connectivity index (χ0n) is 13.2. The van der Waals surface area contributed by atoms with Gasteiger partial charge >= 0.3 is 11.9 Å². The fraction of sp³-hybridized carbons (Fsp3) is 0.250. The van der Waals surface area contributed by atoms with E-state index in [1.54, 1.807) is 13.8 Å². The van der Waals surface area contributed by atoms with E-state index < -0.39 is 23.8 Å². The lowest BCUT2D eigenvalue weighted by molar-refractivity contribution is -0.297. The first-order valence-electron chi connectivity index (χ1n) is 7.06. The molecule has 8 heteroatoms. The molecule has 1 rings (SSSR count). The number of aliphatic carboxylic acids is 1. The van der Waals surface area contributed by atoms with Crippen LogP contribution >= 0.6 is 0 Å². The Kier molecular flexibility index (Phi) is 7.15. The highest BCUT2D eigenvalue weighted by atomic mass is 16.5. The summed E-state index contributed by atoms with van der Waals surface area (Å²) < 4.78 is 9.72. The minimum absolute atomic E-state index is 0.0431. The first kappa shape index (κ1) is 18.9. The monoisotopic (exact) mass is 334 g/mol. The van der Waals surface area contributed by atoms with Crippen LogP contribution in [-0.4, -0.2) is 37.0 Å². The van der Waals surface area contributed by atoms with E-state index in [4.69, 9.17) is 9.47 Å². The molecule has 0 bridgehead atoms. The van der Waals surface area contributed by atoms with Gasteiger partial charge in [0.1, 0.15) is 0 Å². The van der Waals surface area contributed by atoms with Crippen molar-refractivity contribution in [2.24, 2.45) is 0 Å². The molecule has 1 aromatic carbocycles. The summed E-state index contributed by atoms with van der Waals surface area (Å²) in [6.45, 7) is 3.53. The number of benzene rings is 1. The van der Waals surface area contributed by atoms with Crippen LogP contribution < -0.4 is 10.4 Å². The van der Waals surface area contributed by atoms with E-state index in [0.29, 0.717) is 6.08 Å². The summed E-state index contributed by atoms with van der Waals surface area (Å²) in [7, 11) is 0. The lowest BCUT2D eigenvalue weighted by Gasteiger charge is -2.09. The number of esters is 2. The number of rotatable bonds is 7. The molecule has 1 amide bonds. The Morgan fingerprint density at radius 1 is 0.958 bits per heavy atom. The molecule has 0 aliphatic heterocycles. The summed E-state index contributed by atoms with van der Waals surface area (Å²) in [4.78, 5) is 45.6. The van der Waals surface area contributed by atoms with Crippen LogP contribution in [0.25, 0.3) is 0 Å². The van der Waals surface area contributed by atoms with Crippen molar-refractivity contribution in [1.82, 2.24) is 0 Å². The molecule has 0 aliphatic carbocycles. The molecule has 0 heterocycles. The third-order valence-electron chi connectivity index (χ3n) is 2.59. The first-order chi connectivity index (χ1) is 11.4. The van der Waals surface area contributed by atoms with Crippen molar-refractivity contribution in [3.63, 3.8) is 0 Å². The fourth-order valence-corrected chi connectivity index (χ4v) is 1.69. The molecule has 0 saturated heterocycles. The zero-order chi connectivity index (χ0) is 18.1. The number of carbonyl (C=O) groups excluding carboxylic acids is 4. The molecule has 0 saturated carbocycles. The Hall–Kier alpha value is -3.16. The molecule has 128 valence electrons. The summed E-state index contributed by atoms with van der Waals surface area (Å²) in [6.07, 6.45) is 1.30. The summed E-state index contributed by atoms with van der Waals surface area (Å²) in [5.74, 6) is -3.65. The first-order valence-corrected chi connectivity index (χ1v) is 7.06. The highest BCUT2D eigenvalue weighted by molar-refractivity contribution is 6.04. The highest BCUT2D eigenvalue weighted by Crippen LogP contribution is 2.17. The predicted octanol–water partition coefficient (Wildman–Crippen LogP) is 0.285. The fourth-order valence-electron chi connectivity index (χ4n) is 1.69. The molecule has 8 nitrogen and oxygen atoms in total. The number of carboxylic acid groups (broad SMARTS) is 1. The van der Waals surface area contributed by atoms with Gasteiger partial charge in [-0.3, -0.25) is 4.79 Å². The molecule has 0 fully saturated rings. The van der Waals surface area contributed by atoms with Crippen molar-refractivity contribution in [3.05, 3.63) is 41.5 Å². The van der Waals surface area contributed by atoms with Crippen LogP contribution in [-0.2, 0) is 19.1 Å². The van der Waals surface area contributed by atoms with Crippen LogP contribution in [0.15, 0.2) is 30.4 Å². The average Bonchev–Trinajstić information content (AvgIpc) is 2.53. The maximum Gasteiger partial charge on any atom is 0.338 e. The van der Waals surface area contributed by atoms with Gasteiger partial charge in [0.2, 0.25) is 5.91 Å². The molecule has 0 radical (unpaired) electrons. The van der Waals surface area contributed by atoms with Gasteiger partial charge in [0.15, 0.2) is 0 Å². The SMILES string of the molecule is CCOC(=O)c1cc(NC(=O)/C=C/C(=O)[O-])cc(C(=O)OCC)c1. The minimum Gasteiger partial charge on any atom is -0.545 e. The van der Waals surface area contributed by atoms with Gasteiger partial charge in [0.25, 0.3) is 0 Å². The van der Waals surface area contributed by atoms with Gasteiger partial charge in [-0.05, 0) is 38.1 Å². The van der Waals surface area contributed by atoms with Gasteiger partial charge in [0.05, 0.1) is 30.3 Å². The highest BCUT2D eigenvalue weighted by Gasteiger charge is 2.15. The number of carbonyl (C=O) groups is 4. The maximum atomic E-state index is 11.8. The summed E-state index contributed by atoms with van der Waals surface area (Å²) >= 11 is 0. The van der Waals surface area contributed by atoms with Gasteiger partial charge < -0.3 is 24.7 Å². The topological polar surface area (TPSA) is 122 Å². The van der Waals surface area contributed by atoms with Crippen LogP contribution in [0, 0.1) is 0 Å². The Labute approximate surface area is 138 Å². The molecule has 0 unspecified atom stereocenters. The number of anilines is 1. The second-order valence-electron chi connectivity index (χ2n) is 4.38. The summed E-state index contributed by atoms with van der Waals surface area (Å²) in [5, 5.41) is 12.6. The normalized spacial score (nSPS) is 10.2.